The molecule has 2 aromatic carbocycles. The van der Waals surface area contributed by atoms with Crippen molar-refractivity contribution in [3.05, 3.63) is 70.7 Å². The molecule has 136 valence electrons. The quantitative estimate of drug-likeness (QED) is 0.801. The van der Waals surface area contributed by atoms with Crippen LogP contribution in [-0.4, -0.2) is 47.4 Å². The Morgan fingerprint density at radius 1 is 0.962 bits per heavy atom. The molecule has 26 heavy (non-hydrogen) atoms. The van der Waals surface area contributed by atoms with Crippen molar-refractivity contribution in [1.29, 1.82) is 0 Å². The summed E-state index contributed by atoms with van der Waals surface area (Å²) in [5.41, 5.74) is 2.34. The number of rotatable bonds is 5. The monoisotopic (exact) mass is 368 g/mol. The van der Waals surface area contributed by atoms with E-state index in [9.17, 15) is 4.79 Å². The van der Waals surface area contributed by atoms with E-state index in [-0.39, 0.29) is 11.9 Å². The van der Waals surface area contributed by atoms with Gasteiger partial charge in [0.05, 0.1) is 6.42 Å². The van der Waals surface area contributed by atoms with Crippen LogP contribution in [0, 0.1) is 0 Å². The zero-order chi connectivity index (χ0) is 17.9. The van der Waals surface area contributed by atoms with Crippen LogP contribution in [0.25, 0.3) is 0 Å². The van der Waals surface area contributed by atoms with Crippen LogP contribution < -0.4 is 0 Å². The third kappa shape index (κ3) is 4.28. The van der Waals surface area contributed by atoms with Crippen molar-refractivity contribution in [2.24, 2.45) is 0 Å². The molecule has 0 aromatic heterocycles. The molecule has 1 atom stereocenters. The molecule has 0 N–H and O–H groups in total. The smallest absolute Gasteiger partial charge is 0.227 e. The number of carbonyl (C=O) groups is 1. The third-order valence-electron chi connectivity index (χ3n) is 5.48. The van der Waals surface area contributed by atoms with Crippen molar-refractivity contribution in [3.63, 3.8) is 0 Å². The number of halogens is 1. The van der Waals surface area contributed by atoms with Crippen molar-refractivity contribution in [1.82, 2.24) is 9.80 Å². The number of hydrogen-bond donors (Lipinski definition) is 0. The molecule has 1 saturated heterocycles. The Balaban J connectivity index is 1.47. The van der Waals surface area contributed by atoms with Crippen molar-refractivity contribution in [2.45, 2.75) is 37.8 Å². The van der Waals surface area contributed by atoms with Gasteiger partial charge in [0.2, 0.25) is 5.91 Å². The Hall–Kier alpha value is -1.84. The Kier molecular flexibility index (Phi) is 5.28. The summed E-state index contributed by atoms with van der Waals surface area (Å²) in [6.45, 7) is 2.83. The van der Waals surface area contributed by atoms with Crippen LogP contribution in [0.5, 0.6) is 0 Å². The molecular weight excluding hydrogens is 344 g/mol. The lowest BCUT2D eigenvalue weighted by molar-refractivity contribution is -0.135. The summed E-state index contributed by atoms with van der Waals surface area (Å²) in [5, 5.41) is 0.709. The third-order valence-corrected chi connectivity index (χ3v) is 5.73. The van der Waals surface area contributed by atoms with Crippen LogP contribution in [0.2, 0.25) is 5.02 Å². The van der Waals surface area contributed by atoms with E-state index in [4.69, 9.17) is 11.6 Å². The summed E-state index contributed by atoms with van der Waals surface area (Å²) in [7, 11) is 0. The van der Waals surface area contributed by atoms with Gasteiger partial charge in [0.15, 0.2) is 0 Å². The number of carbonyl (C=O) groups excluding carboxylic acids is 1. The van der Waals surface area contributed by atoms with Crippen LogP contribution in [0.3, 0.4) is 0 Å². The molecule has 1 saturated carbocycles. The van der Waals surface area contributed by atoms with Gasteiger partial charge in [-0.2, -0.15) is 0 Å². The maximum atomic E-state index is 13.0. The number of benzene rings is 2. The molecule has 1 heterocycles. The molecule has 3 nitrogen and oxygen atoms in total. The van der Waals surface area contributed by atoms with Gasteiger partial charge in [-0.15, -0.1) is 0 Å². The maximum Gasteiger partial charge on any atom is 0.227 e. The summed E-state index contributed by atoms with van der Waals surface area (Å²) >= 11 is 5.96. The van der Waals surface area contributed by atoms with Gasteiger partial charge < -0.3 is 4.90 Å². The second kappa shape index (κ2) is 7.81. The minimum atomic E-state index is 0.226. The van der Waals surface area contributed by atoms with E-state index >= 15 is 0 Å². The molecule has 4 rings (SSSR count). The average Bonchev–Trinajstić information content (AvgIpc) is 3.50. The minimum Gasteiger partial charge on any atom is -0.337 e. The molecule has 0 spiro atoms. The molecule has 0 radical (unpaired) electrons. The molecule has 2 fully saturated rings. The Labute approximate surface area is 160 Å². The normalized spacial score (nSPS) is 21.0. The number of hydrogen-bond acceptors (Lipinski definition) is 2. The predicted molar refractivity (Wildman–Crippen MR) is 105 cm³/mol. The van der Waals surface area contributed by atoms with Gasteiger partial charge in [0.25, 0.3) is 0 Å². The first-order chi connectivity index (χ1) is 12.7. The first-order valence-corrected chi connectivity index (χ1v) is 9.89. The molecule has 4 heteroatoms. The summed E-state index contributed by atoms with van der Waals surface area (Å²) in [6.07, 6.45) is 4.01. The Morgan fingerprint density at radius 3 is 2.38 bits per heavy atom. The Morgan fingerprint density at radius 2 is 1.69 bits per heavy atom. The van der Waals surface area contributed by atoms with Crippen molar-refractivity contribution >= 4 is 17.5 Å². The van der Waals surface area contributed by atoms with Gasteiger partial charge in [0, 0.05) is 36.7 Å². The van der Waals surface area contributed by atoms with E-state index < -0.39 is 0 Å². The van der Waals surface area contributed by atoms with Gasteiger partial charge >= 0.3 is 0 Å². The fourth-order valence-corrected chi connectivity index (χ4v) is 4.04. The number of amides is 1. The lowest BCUT2D eigenvalue weighted by Crippen LogP contribution is -2.56. The topological polar surface area (TPSA) is 23.6 Å². The second-order valence-corrected chi connectivity index (χ2v) is 7.90. The van der Waals surface area contributed by atoms with Crippen molar-refractivity contribution in [3.8, 4) is 0 Å². The molecule has 2 aromatic rings. The standard InChI is InChI=1S/C22H25ClN2O/c23-19-8-6-18(7-9-19)15-22(26)25-13-12-24(20-10-11-20)16-21(25)14-17-4-2-1-3-5-17/h1-9,20-21H,10-16H2. The van der Waals surface area contributed by atoms with E-state index in [2.05, 4.69) is 34.1 Å². The lowest BCUT2D eigenvalue weighted by Gasteiger charge is -2.42. The highest BCUT2D eigenvalue weighted by Crippen LogP contribution is 2.29. The van der Waals surface area contributed by atoms with Crippen LogP contribution >= 0.6 is 11.6 Å². The Bertz CT molecular complexity index is 742. The van der Waals surface area contributed by atoms with Crippen LogP contribution in [0.4, 0.5) is 0 Å². The van der Waals surface area contributed by atoms with E-state index in [1.165, 1.54) is 18.4 Å². The van der Waals surface area contributed by atoms with Gasteiger partial charge in [-0.1, -0.05) is 54.1 Å². The molecule has 1 amide bonds. The van der Waals surface area contributed by atoms with E-state index in [1.54, 1.807) is 0 Å². The molecule has 0 bridgehead atoms. The maximum absolute atomic E-state index is 13.0. The van der Waals surface area contributed by atoms with Gasteiger partial charge in [-0.25, -0.2) is 0 Å². The van der Waals surface area contributed by atoms with Crippen LogP contribution in [0.15, 0.2) is 54.6 Å². The molecule has 1 unspecified atom stereocenters. The molecule has 1 aliphatic heterocycles. The molecule has 2 aliphatic rings. The number of nitrogens with zero attached hydrogens (tertiary/aromatic N) is 2. The van der Waals surface area contributed by atoms with Gasteiger partial charge in [-0.3, -0.25) is 9.69 Å². The molecule has 1 aliphatic carbocycles. The summed E-state index contributed by atoms with van der Waals surface area (Å²) < 4.78 is 0. The average molecular weight is 369 g/mol. The van der Waals surface area contributed by atoms with E-state index in [0.717, 1.165) is 37.7 Å². The summed E-state index contributed by atoms with van der Waals surface area (Å²) in [5.74, 6) is 0.226. The number of piperazine rings is 1. The van der Waals surface area contributed by atoms with Gasteiger partial charge in [0.1, 0.15) is 0 Å². The minimum absolute atomic E-state index is 0.226. The zero-order valence-corrected chi connectivity index (χ0v) is 15.7. The SMILES string of the molecule is O=C(Cc1ccc(Cl)cc1)N1CCN(C2CC2)CC1Cc1ccccc1. The van der Waals surface area contributed by atoms with Crippen molar-refractivity contribution in [2.75, 3.05) is 19.6 Å². The summed E-state index contributed by atoms with van der Waals surface area (Å²) in [6, 6.07) is 19.2. The van der Waals surface area contributed by atoms with Crippen LogP contribution in [-0.2, 0) is 17.6 Å². The van der Waals surface area contributed by atoms with Crippen molar-refractivity contribution < 1.29 is 4.79 Å². The lowest BCUT2D eigenvalue weighted by atomic mass is 10.0. The first-order valence-electron chi connectivity index (χ1n) is 9.51. The van der Waals surface area contributed by atoms with E-state index in [1.807, 2.05) is 30.3 Å². The zero-order valence-electron chi connectivity index (χ0n) is 15.0. The summed E-state index contributed by atoms with van der Waals surface area (Å²) in [4.78, 5) is 17.7. The highest BCUT2D eigenvalue weighted by molar-refractivity contribution is 6.30. The first kappa shape index (κ1) is 17.6. The fourth-order valence-electron chi connectivity index (χ4n) is 3.92. The second-order valence-electron chi connectivity index (χ2n) is 7.46. The van der Waals surface area contributed by atoms with E-state index in [0.29, 0.717) is 11.4 Å². The molecular formula is C22H25ClN2O. The fraction of sp³-hybridized carbons (Fsp3) is 0.409. The largest absolute Gasteiger partial charge is 0.337 e. The predicted octanol–water partition coefficient (Wildman–Crippen LogP) is 3.80. The van der Waals surface area contributed by atoms with Crippen LogP contribution in [0.1, 0.15) is 24.0 Å². The highest BCUT2D eigenvalue weighted by atomic mass is 35.5. The highest BCUT2D eigenvalue weighted by Gasteiger charge is 2.37. The van der Waals surface area contributed by atoms with Gasteiger partial charge in [-0.05, 0) is 42.5 Å².